The molecular weight excluding hydrogens is 212 g/mol. The highest BCUT2D eigenvalue weighted by Gasteiger charge is 2.08. The highest BCUT2D eigenvalue weighted by Crippen LogP contribution is 2.25. The van der Waals surface area contributed by atoms with Gasteiger partial charge in [-0.15, -0.1) is 0 Å². The molecule has 1 aromatic carbocycles. The SMILES string of the molecule is Cc1ccc(-c2nc3cnccc3o2)cc1C. The first-order valence-electron chi connectivity index (χ1n) is 5.52. The van der Waals surface area contributed by atoms with E-state index in [1.807, 2.05) is 12.1 Å². The molecule has 17 heavy (non-hydrogen) atoms. The lowest BCUT2D eigenvalue weighted by Gasteiger charge is -2.01. The third-order valence-corrected chi connectivity index (χ3v) is 2.94. The lowest BCUT2D eigenvalue weighted by molar-refractivity contribution is 0.619. The minimum Gasteiger partial charge on any atom is -0.436 e. The summed E-state index contributed by atoms with van der Waals surface area (Å²) in [5.74, 6) is 0.649. The van der Waals surface area contributed by atoms with Crippen LogP contribution in [0.25, 0.3) is 22.6 Å². The van der Waals surface area contributed by atoms with Gasteiger partial charge in [0.05, 0.1) is 6.20 Å². The predicted molar refractivity (Wildman–Crippen MR) is 66.7 cm³/mol. The molecule has 0 spiro atoms. The second-order valence-electron chi connectivity index (χ2n) is 4.16. The number of hydrogen-bond acceptors (Lipinski definition) is 3. The van der Waals surface area contributed by atoms with Gasteiger partial charge in [0.1, 0.15) is 5.52 Å². The van der Waals surface area contributed by atoms with Crippen molar-refractivity contribution in [2.24, 2.45) is 0 Å². The average molecular weight is 224 g/mol. The molecule has 0 aliphatic rings. The largest absolute Gasteiger partial charge is 0.436 e. The van der Waals surface area contributed by atoms with Crippen molar-refractivity contribution >= 4 is 11.1 Å². The van der Waals surface area contributed by atoms with Crippen LogP contribution in [0.3, 0.4) is 0 Å². The van der Waals surface area contributed by atoms with Gasteiger partial charge in [-0.3, -0.25) is 4.98 Å². The van der Waals surface area contributed by atoms with Crippen LogP contribution in [0, 0.1) is 13.8 Å². The van der Waals surface area contributed by atoms with Gasteiger partial charge in [-0.2, -0.15) is 0 Å². The molecule has 2 aromatic heterocycles. The molecule has 0 aliphatic carbocycles. The standard InChI is InChI=1S/C14H12N2O/c1-9-3-4-11(7-10(9)2)14-16-12-8-15-6-5-13(12)17-14/h3-8H,1-2H3. The summed E-state index contributed by atoms with van der Waals surface area (Å²) in [5, 5.41) is 0. The fraction of sp³-hybridized carbons (Fsp3) is 0.143. The van der Waals surface area contributed by atoms with Crippen LogP contribution in [0.5, 0.6) is 0 Å². The van der Waals surface area contributed by atoms with Gasteiger partial charge in [-0.05, 0) is 37.1 Å². The van der Waals surface area contributed by atoms with Crippen molar-refractivity contribution in [3.63, 3.8) is 0 Å². The topological polar surface area (TPSA) is 38.9 Å². The van der Waals surface area contributed by atoms with E-state index in [4.69, 9.17) is 4.42 Å². The molecule has 0 atom stereocenters. The van der Waals surface area contributed by atoms with Crippen molar-refractivity contribution in [1.82, 2.24) is 9.97 Å². The third kappa shape index (κ3) is 1.69. The van der Waals surface area contributed by atoms with Crippen LogP contribution in [0.1, 0.15) is 11.1 Å². The zero-order valence-electron chi connectivity index (χ0n) is 9.77. The molecule has 3 rings (SSSR count). The van der Waals surface area contributed by atoms with Crippen LogP contribution in [0.4, 0.5) is 0 Å². The second kappa shape index (κ2) is 3.70. The summed E-state index contributed by atoms with van der Waals surface area (Å²) in [7, 11) is 0. The zero-order chi connectivity index (χ0) is 11.8. The Kier molecular flexibility index (Phi) is 2.18. The number of hydrogen-bond donors (Lipinski definition) is 0. The molecule has 2 heterocycles. The smallest absolute Gasteiger partial charge is 0.227 e. The van der Waals surface area contributed by atoms with Gasteiger partial charge >= 0.3 is 0 Å². The quantitative estimate of drug-likeness (QED) is 0.635. The summed E-state index contributed by atoms with van der Waals surface area (Å²) in [4.78, 5) is 8.45. The Morgan fingerprint density at radius 3 is 2.71 bits per heavy atom. The first-order valence-corrected chi connectivity index (χ1v) is 5.52. The molecule has 3 aromatic rings. The second-order valence-corrected chi connectivity index (χ2v) is 4.16. The number of benzene rings is 1. The van der Waals surface area contributed by atoms with Crippen molar-refractivity contribution in [2.45, 2.75) is 13.8 Å². The fourth-order valence-corrected chi connectivity index (χ4v) is 1.78. The minimum absolute atomic E-state index is 0.649. The van der Waals surface area contributed by atoms with Gasteiger partial charge in [0.2, 0.25) is 5.89 Å². The number of nitrogens with zero attached hydrogens (tertiary/aromatic N) is 2. The average Bonchev–Trinajstić information content (AvgIpc) is 2.76. The fourth-order valence-electron chi connectivity index (χ4n) is 1.78. The lowest BCUT2D eigenvalue weighted by Crippen LogP contribution is -1.83. The van der Waals surface area contributed by atoms with E-state index in [1.54, 1.807) is 12.4 Å². The Labute approximate surface area is 99.1 Å². The maximum Gasteiger partial charge on any atom is 0.227 e. The molecule has 3 nitrogen and oxygen atoms in total. The molecule has 0 radical (unpaired) electrons. The molecule has 0 amide bonds. The predicted octanol–water partition coefficient (Wildman–Crippen LogP) is 3.51. The van der Waals surface area contributed by atoms with E-state index in [9.17, 15) is 0 Å². The van der Waals surface area contributed by atoms with Gasteiger partial charge in [0, 0.05) is 17.8 Å². The molecule has 0 aliphatic heterocycles. The normalized spacial score (nSPS) is 10.9. The van der Waals surface area contributed by atoms with Crippen LogP contribution >= 0.6 is 0 Å². The lowest BCUT2D eigenvalue weighted by atomic mass is 10.1. The first-order chi connectivity index (χ1) is 8.24. The number of pyridine rings is 1. The molecule has 0 bridgehead atoms. The molecule has 0 N–H and O–H groups in total. The van der Waals surface area contributed by atoms with E-state index >= 15 is 0 Å². The number of aromatic nitrogens is 2. The summed E-state index contributed by atoms with van der Waals surface area (Å²) in [6, 6.07) is 8.03. The number of oxazole rings is 1. The van der Waals surface area contributed by atoms with Crippen molar-refractivity contribution < 1.29 is 4.42 Å². The zero-order valence-corrected chi connectivity index (χ0v) is 9.77. The summed E-state index contributed by atoms with van der Waals surface area (Å²) in [5.41, 5.74) is 5.08. The molecule has 3 heteroatoms. The van der Waals surface area contributed by atoms with Crippen LogP contribution in [0.15, 0.2) is 41.1 Å². The number of aryl methyl sites for hydroxylation is 2. The monoisotopic (exact) mass is 224 g/mol. The molecule has 0 unspecified atom stereocenters. The van der Waals surface area contributed by atoms with E-state index in [-0.39, 0.29) is 0 Å². The summed E-state index contributed by atoms with van der Waals surface area (Å²) < 4.78 is 5.70. The van der Waals surface area contributed by atoms with Crippen LogP contribution in [-0.2, 0) is 0 Å². The van der Waals surface area contributed by atoms with E-state index in [0.717, 1.165) is 16.7 Å². The third-order valence-electron chi connectivity index (χ3n) is 2.94. The van der Waals surface area contributed by atoms with Gasteiger partial charge in [-0.25, -0.2) is 4.98 Å². The van der Waals surface area contributed by atoms with E-state index in [2.05, 4.69) is 35.9 Å². The van der Waals surface area contributed by atoms with Crippen molar-refractivity contribution in [1.29, 1.82) is 0 Å². The summed E-state index contributed by atoms with van der Waals surface area (Å²) in [6.07, 6.45) is 3.42. The van der Waals surface area contributed by atoms with Crippen molar-refractivity contribution in [3.05, 3.63) is 47.8 Å². The molecule has 84 valence electrons. The highest BCUT2D eigenvalue weighted by molar-refractivity contribution is 5.75. The van der Waals surface area contributed by atoms with E-state index in [0.29, 0.717) is 5.89 Å². The Morgan fingerprint density at radius 1 is 1.06 bits per heavy atom. The number of fused-ring (bicyclic) bond motifs is 1. The highest BCUT2D eigenvalue weighted by atomic mass is 16.3. The first kappa shape index (κ1) is 10.0. The van der Waals surface area contributed by atoms with Crippen LogP contribution < -0.4 is 0 Å². The van der Waals surface area contributed by atoms with Crippen LogP contribution in [-0.4, -0.2) is 9.97 Å². The van der Waals surface area contributed by atoms with Crippen LogP contribution in [0.2, 0.25) is 0 Å². The van der Waals surface area contributed by atoms with Crippen molar-refractivity contribution in [3.8, 4) is 11.5 Å². The molecule has 0 saturated heterocycles. The van der Waals surface area contributed by atoms with E-state index in [1.165, 1.54) is 11.1 Å². The summed E-state index contributed by atoms with van der Waals surface area (Å²) in [6.45, 7) is 4.18. The van der Waals surface area contributed by atoms with Gasteiger partial charge < -0.3 is 4.42 Å². The Bertz CT molecular complexity index is 653. The summed E-state index contributed by atoms with van der Waals surface area (Å²) >= 11 is 0. The van der Waals surface area contributed by atoms with Gasteiger partial charge in [-0.1, -0.05) is 6.07 Å². The molecule has 0 fully saturated rings. The Balaban J connectivity index is 2.17. The van der Waals surface area contributed by atoms with Crippen molar-refractivity contribution in [2.75, 3.05) is 0 Å². The number of rotatable bonds is 1. The minimum atomic E-state index is 0.649. The Morgan fingerprint density at radius 2 is 1.94 bits per heavy atom. The van der Waals surface area contributed by atoms with Gasteiger partial charge in [0.15, 0.2) is 5.58 Å². The van der Waals surface area contributed by atoms with Gasteiger partial charge in [0.25, 0.3) is 0 Å². The maximum atomic E-state index is 5.70. The molecular formula is C14H12N2O. The maximum absolute atomic E-state index is 5.70. The van der Waals surface area contributed by atoms with E-state index < -0.39 is 0 Å². The molecule has 0 saturated carbocycles. The Hall–Kier alpha value is -2.16.